The molecule has 0 aromatic carbocycles. The Morgan fingerprint density at radius 1 is 1.30 bits per heavy atom. The fraction of sp³-hybridized carbons (Fsp3) is 0.545. The number of pyridine rings is 1. The van der Waals surface area contributed by atoms with Crippen molar-refractivity contribution in [3.05, 3.63) is 28.5 Å². The molecule has 2 fully saturated rings. The van der Waals surface area contributed by atoms with Gasteiger partial charge in [-0.3, -0.25) is 9.59 Å². The number of aromatic nitrogens is 2. The summed E-state index contributed by atoms with van der Waals surface area (Å²) in [5, 5.41) is 4.76. The van der Waals surface area contributed by atoms with E-state index in [2.05, 4.69) is 15.3 Å². The Morgan fingerprint density at radius 3 is 2.62 bits per heavy atom. The van der Waals surface area contributed by atoms with E-state index in [1.54, 1.807) is 16.8 Å². The molecule has 2 aliphatic rings. The lowest BCUT2D eigenvalue weighted by molar-refractivity contribution is -0.115. The summed E-state index contributed by atoms with van der Waals surface area (Å²) in [6.07, 6.45) is -3.19. The highest BCUT2D eigenvalue weighted by Crippen LogP contribution is 2.39. The summed E-state index contributed by atoms with van der Waals surface area (Å²) < 4.78 is 67.9. The second-order valence-corrected chi connectivity index (χ2v) is 10.7. The molecule has 0 bridgehead atoms. The zero-order chi connectivity index (χ0) is 26.9. The summed E-state index contributed by atoms with van der Waals surface area (Å²) in [5.74, 6) is -1.41. The average molecular weight is 565 g/mol. The zero-order valence-electron chi connectivity index (χ0n) is 19.9. The van der Waals surface area contributed by atoms with Crippen LogP contribution < -0.4 is 10.6 Å². The van der Waals surface area contributed by atoms with Gasteiger partial charge in [0, 0.05) is 43.0 Å². The molecule has 1 unspecified atom stereocenters. The minimum Gasteiger partial charge on any atom is -0.361 e. The first-order valence-electron chi connectivity index (χ1n) is 11.5. The van der Waals surface area contributed by atoms with Crippen molar-refractivity contribution in [2.75, 3.05) is 37.8 Å². The van der Waals surface area contributed by atoms with Crippen LogP contribution in [0.25, 0.3) is 10.4 Å². The Morgan fingerprint density at radius 2 is 2.03 bits per heavy atom. The number of nitrogens with zero attached hydrogens (tertiary/aromatic N) is 4. The molecule has 2 aliphatic heterocycles. The predicted molar refractivity (Wildman–Crippen MR) is 131 cm³/mol. The van der Waals surface area contributed by atoms with E-state index in [-0.39, 0.29) is 39.0 Å². The maximum atomic E-state index is 14.0. The number of carbonyl (C=O) groups excluding carboxylic acids is 2. The molecule has 2 aromatic rings. The van der Waals surface area contributed by atoms with E-state index >= 15 is 0 Å². The van der Waals surface area contributed by atoms with Gasteiger partial charge >= 0.3 is 6.18 Å². The van der Waals surface area contributed by atoms with Crippen LogP contribution in [-0.4, -0.2) is 81.7 Å². The third-order valence-electron chi connectivity index (χ3n) is 6.16. The quantitative estimate of drug-likeness (QED) is 0.362. The van der Waals surface area contributed by atoms with Gasteiger partial charge in [-0.05, 0) is 32.1 Å². The van der Waals surface area contributed by atoms with Crippen molar-refractivity contribution in [1.29, 1.82) is 0 Å². The summed E-state index contributed by atoms with van der Waals surface area (Å²) in [5.41, 5.74) is -0.923. The van der Waals surface area contributed by atoms with Crippen molar-refractivity contribution in [2.45, 2.75) is 44.5 Å². The van der Waals surface area contributed by atoms with Crippen molar-refractivity contribution in [2.24, 2.45) is 0 Å². The molecule has 4 heterocycles. The molecule has 37 heavy (non-hydrogen) atoms. The molecule has 202 valence electrons. The van der Waals surface area contributed by atoms with E-state index in [9.17, 15) is 31.5 Å². The standard InChI is InChI=1S/C22H25F5N6O2S2/c1-11-4-3-5-33(11)21(35)16-17(37-20(31-16)19(34)30-12-8-32(9-12)36-2)14-7-28-15(6-13(14)18(23)24)29-10-22(25,26)27/h6-7,11-12,18H,3-5,8-10H2,1-2H3,(H,28,29)(H,30,34). The molecule has 1 atom stereocenters. The van der Waals surface area contributed by atoms with E-state index in [0.717, 1.165) is 36.4 Å². The van der Waals surface area contributed by atoms with Crippen LogP contribution >= 0.6 is 23.3 Å². The number of thiazole rings is 1. The first kappa shape index (κ1) is 27.5. The van der Waals surface area contributed by atoms with Crippen molar-refractivity contribution < 1.29 is 31.5 Å². The Labute approximate surface area is 218 Å². The van der Waals surface area contributed by atoms with E-state index in [1.165, 1.54) is 0 Å². The van der Waals surface area contributed by atoms with Crippen LogP contribution in [0.15, 0.2) is 12.3 Å². The minimum absolute atomic E-state index is 0.0266. The maximum absolute atomic E-state index is 14.0. The number of amides is 2. The lowest BCUT2D eigenvalue weighted by atomic mass is 10.1. The smallest absolute Gasteiger partial charge is 0.361 e. The summed E-state index contributed by atoms with van der Waals surface area (Å²) >= 11 is 2.33. The van der Waals surface area contributed by atoms with Crippen LogP contribution in [0.2, 0.25) is 0 Å². The zero-order valence-corrected chi connectivity index (χ0v) is 21.6. The molecule has 0 spiro atoms. The summed E-state index contributed by atoms with van der Waals surface area (Å²) in [4.78, 5) is 36.0. The number of hydrogen-bond acceptors (Lipinski definition) is 8. The van der Waals surface area contributed by atoms with Crippen LogP contribution in [0.5, 0.6) is 0 Å². The van der Waals surface area contributed by atoms with Crippen LogP contribution in [0, 0.1) is 0 Å². The highest BCUT2D eigenvalue weighted by Gasteiger charge is 2.34. The normalized spacial score (nSPS) is 18.8. The number of alkyl halides is 5. The van der Waals surface area contributed by atoms with E-state index in [4.69, 9.17) is 0 Å². The van der Waals surface area contributed by atoms with Crippen LogP contribution in [0.1, 0.15) is 52.0 Å². The van der Waals surface area contributed by atoms with Crippen LogP contribution in [0.4, 0.5) is 27.8 Å². The van der Waals surface area contributed by atoms with Gasteiger partial charge in [0.15, 0.2) is 5.01 Å². The molecule has 2 N–H and O–H groups in total. The SMILES string of the molecule is CSN1CC(NC(=O)c2nc(C(=O)N3CCCC3C)c(-c3cnc(NCC(F)(F)F)cc3C(F)F)s2)C1. The van der Waals surface area contributed by atoms with Crippen LogP contribution in [-0.2, 0) is 0 Å². The number of anilines is 1. The number of rotatable bonds is 8. The average Bonchev–Trinajstić information content (AvgIpc) is 3.45. The summed E-state index contributed by atoms with van der Waals surface area (Å²) in [7, 11) is 0. The third kappa shape index (κ3) is 6.32. The molecule has 2 amide bonds. The molecular formula is C22H25F5N6O2S2. The third-order valence-corrected chi connectivity index (χ3v) is 8.07. The first-order chi connectivity index (χ1) is 17.5. The Balaban J connectivity index is 1.69. The van der Waals surface area contributed by atoms with E-state index in [0.29, 0.717) is 19.6 Å². The van der Waals surface area contributed by atoms with Crippen molar-refractivity contribution >= 4 is 40.9 Å². The van der Waals surface area contributed by atoms with Gasteiger partial charge in [0.2, 0.25) is 0 Å². The highest BCUT2D eigenvalue weighted by molar-refractivity contribution is 7.96. The molecule has 0 saturated carbocycles. The van der Waals surface area contributed by atoms with E-state index in [1.807, 2.05) is 22.8 Å². The molecular weight excluding hydrogens is 539 g/mol. The molecule has 0 radical (unpaired) electrons. The lowest BCUT2D eigenvalue weighted by Crippen LogP contribution is -2.56. The van der Waals surface area contributed by atoms with Crippen molar-refractivity contribution in [3.8, 4) is 10.4 Å². The monoisotopic (exact) mass is 564 g/mol. The fourth-order valence-corrected chi connectivity index (χ4v) is 5.82. The molecule has 15 heteroatoms. The van der Waals surface area contributed by atoms with Gasteiger partial charge in [0.05, 0.1) is 10.9 Å². The summed E-state index contributed by atoms with van der Waals surface area (Å²) in [6, 6.07) is 0.624. The molecule has 4 rings (SSSR count). The topological polar surface area (TPSA) is 90.5 Å². The van der Waals surface area contributed by atoms with Gasteiger partial charge in [-0.25, -0.2) is 23.1 Å². The number of carbonyl (C=O) groups is 2. The Kier molecular flexibility index (Phi) is 8.23. The largest absolute Gasteiger partial charge is 0.405 e. The second-order valence-electron chi connectivity index (χ2n) is 8.81. The van der Waals surface area contributed by atoms with Gasteiger partial charge in [-0.15, -0.1) is 11.3 Å². The molecule has 8 nitrogen and oxygen atoms in total. The second kappa shape index (κ2) is 11.1. The summed E-state index contributed by atoms with van der Waals surface area (Å²) in [6.45, 7) is 2.15. The minimum atomic E-state index is -4.56. The molecule has 2 aromatic heterocycles. The van der Waals surface area contributed by atoms with Gasteiger partial charge in [-0.1, -0.05) is 11.9 Å². The number of nitrogens with one attached hydrogen (secondary N) is 2. The maximum Gasteiger partial charge on any atom is 0.405 e. The number of hydrogen-bond donors (Lipinski definition) is 2. The number of likely N-dealkylation sites (tertiary alicyclic amines) is 1. The predicted octanol–water partition coefficient (Wildman–Crippen LogP) is 4.43. The molecule has 0 aliphatic carbocycles. The Hall–Kier alpha value is -2.52. The van der Waals surface area contributed by atoms with Crippen molar-refractivity contribution in [3.63, 3.8) is 0 Å². The van der Waals surface area contributed by atoms with Crippen LogP contribution in [0.3, 0.4) is 0 Å². The fourth-order valence-electron chi connectivity index (χ4n) is 4.17. The lowest BCUT2D eigenvalue weighted by Gasteiger charge is -2.37. The van der Waals surface area contributed by atoms with Crippen molar-refractivity contribution in [1.82, 2.24) is 24.5 Å². The number of halogens is 5. The van der Waals surface area contributed by atoms with Gasteiger partial charge < -0.3 is 15.5 Å². The van der Waals surface area contributed by atoms with Gasteiger partial charge in [0.1, 0.15) is 18.1 Å². The Bertz CT molecular complexity index is 1160. The first-order valence-corrected chi connectivity index (χ1v) is 13.5. The van der Waals surface area contributed by atoms with Gasteiger partial charge in [0.25, 0.3) is 18.2 Å². The van der Waals surface area contributed by atoms with Gasteiger partial charge in [-0.2, -0.15) is 13.2 Å². The molecule has 2 saturated heterocycles. The van der Waals surface area contributed by atoms with E-state index < -0.39 is 36.5 Å². The highest BCUT2D eigenvalue weighted by atomic mass is 32.2.